The van der Waals surface area contributed by atoms with E-state index in [4.69, 9.17) is 19.6 Å². The molecule has 1 rings (SSSR count). The summed E-state index contributed by atoms with van der Waals surface area (Å²) in [4.78, 5) is 35.7. The van der Waals surface area contributed by atoms with Crippen LogP contribution in [-0.2, 0) is 41.2 Å². The molecule has 1 aromatic rings. The Morgan fingerprint density at radius 3 is 2.03 bits per heavy atom. The number of nitrogens with two attached hydrogens (primary N) is 1. The largest absolute Gasteiger partial charge is 0.445 e. The number of nitrogens with one attached hydrogen (secondary N) is 3. The van der Waals surface area contributed by atoms with Crippen molar-refractivity contribution in [1.82, 2.24) is 16.0 Å². The maximum Gasteiger partial charge on any atom is 0.407 e. The monoisotopic (exact) mass is 496 g/mol. The summed E-state index contributed by atoms with van der Waals surface area (Å²) in [6.07, 6.45) is -0.776. The first-order chi connectivity index (χ1) is 14.8. The summed E-state index contributed by atoms with van der Waals surface area (Å²) in [6.45, 7) is -0.298. The molecular weight excluding hydrogens is 472 g/mol. The number of rotatable bonds is 12. The highest BCUT2D eigenvalue weighted by Crippen LogP contribution is 2.00. The van der Waals surface area contributed by atoms with Crippen molar-refractivity contribution in [3.05, 3.63) is 35.9 Å². The maximum atomic E-state index is 12.2. The van der Waals surface area contributed by atoms with Crippen LogP contribution in [0.4, 0.5) is 4.79 Å². The Bertz CT molecular complexity index is 999. The lowest BCUT2D eigenvalue weighted by Crippen LogP contribution is -2.56. The Balaban J connectivity index is 2.52. The van der Waals surface area contributed by atoms with Gasteiger partial charge in [-0.2, -0.15) is 16.8 Å². The number of carbonyl (C=O) groups is 3. The second kappa shape index (κ2) is 12.3. The SMILES string of the molecule is N[C@@H](CS(=O)(=O)O)C(=O)N[C@@H](CS(=O)(=O)O)C(=O)NCCNC(=O)OCc1ccccc1. The summed E-state index contributed by atoms with van der Waals surface area (Å²) in [5.74, 6) is -4.72. The molecule has 14 nitrogen and oxygen atoms in total. The lowest BCUT2D eigenvalue weighted by Gasteiger charge is -2.19. The smallest absolute Gasteiger partial charge is 0.407 e. The highest BCUT2D eigenvalue weighted by Gasteiger charge is 2.29. The van der Waals surface area contributed by atoms with Crippen molar-refractivity contribution in [2.45, 2.75) is 18.7 Å². The second-order valence-electron chi connectivity index (χ2n) is 6.44. The van der Waals surface area contributed by atoms with Crippen molar-refractivity contribution < 1.29 is 45.1 Å². The van der Waals surface area contributed by atoms with E-state index in [1.807, 2.05) is 5.32 Å². The predicted molar refractivity (Wildman–Crippen MR) is 110 cm³/mol. The van der Waals surface area contributed by atoms with E-state index in [1.54, 1.807) is 30.3 Å². The van der Waals surface area contributed by atoms with E-state index in [0.717, 1.165) is 5.56 Å². The number of ether oxygens (including phenoxy) is 1. The van der Waals surface area contributed by atoms with E-state index < -0.39 is 61.7 Å². The van der Waals surface area contributed by atoms with E-state index in [2.05, 4.69) is 10.6 Å². The van der Waals surface area contributed by atoms with E-state index in [9.17, 15) is 31.2 Å². The van der Waals surface area contributed by atoms with Gasteiger partial charge in [0.25, 0.3) is 20.2 Å². The molecule has 7 N–H and O–H groups in total. The number of carbonyl (C=O) groups excluding carboxylic acids is 3. The molecule has 1 aromatic carbocycles. The average Bonchev–Trinajstić information content (AvgIpc) is 2.67. The molecule has 16 heteroatoms. The van der Waals surface area contributed by atoms with Crippen molar-refractivity contribution >= 4 is 38.1 Å². The van der Waals surface area contributed by atoms with Crippen LogP contribution < -0.4 is 21.7 Å². The molecule has 0 heterocycles. The van der Waals surface area contributed by atoms with Gasteiger partial charge in [0, 0.05) is 13.1 Å². The molecule has 0 aliphatic rings. The number of alkyl carbamates (subject to hydrolysis) is 1. The Morgan fingerprint density at radius 1 is 0.906 bits per heavy atom. The van der Waals surface area contributed by atoms with Gasteiger partial charge in [-0.3, -0.25) is 18.7 Å². The fourth-order valence-electron chi connectivity index (χ4n) is 2.22. The fourth-order valence-corrected chi connectivity index (χ4v) is 3.48. The Hall–Kier alpha value is -2.79. The zero-order valence-corrected chi connectivity index (χ0v) is 18.3. The molecule has 0 fully saturated rings. The second-order valence-corrected chi connectivity index (χ2v) is 9.44. The highest BCUT2D eigenvalue weighted by atomic mass is 32.2. The average molecular weight is 497 g/mol. The summed E-state index contributed by atoms with van der Waals surface area (Å²) in [6, 6.07) is 5.20. The van der Waals surface area contributed by atoms with Crippen molar-refractivity contribution in [3.8, 4) is 0 Å². The lowest BCUT2D eigenvalue weighted by atomic mass is 10.2. The maximum absolute atomic E-state index is 12.2. The van der Waals surface area contributed by atoms with E-state index in [0.29, 0.717) is 0 Å². The molecule has 0 saturated carbocycles. The van der Waals surface area contributed by atoms with Gasteiger partial charge in [0.15, 0.2) is 0 Å². The minimum Gasteiger partial charge on any atom is -0.445 e. The lowest BCUT2D eigenvalue weighted by molar-refractivity contribution is -0.128. The first kappa shape index (κ1) is 27.2. The van der Waals surface area contributed by atoms with Gasteiger partial charge in [-0.1, -0.05) is 30.3 Å². The molecule has 0 spiro atoms. The molecule has 0 radical (unpaired) electrons. The summed E-state index contributed by atoms with van der Waals surface area (Å²) in [5.41, 5.74) is 6.04. The summed E-state index contributed by atoms with van der Waals surface area (Å²) in [5, 5.41) is 6.44. The summed E-state index contributed by atoms with van der Waals surface area (Å²) < 4.78 is 66.4. The van der Waals surface area contributed by atoms with Crippen LogP contribution in [0.3, 0.4) is 0 Å². The third-order valence-electron chi connectivity index (χ3n) is 3.64. The molecular formula is C16H24N4O10S2. The molecule has 180 valence electrons. The first-order valence-electron chi connectivity index (χ1n) is 8.95. The minimum absolute atomic E-state index is 0.0192. The Morgan fingerprint density at radius 2 is 1.47 bits per heavy atom. The van der Waals surface area contributed by atoms with Crippen molar-refractivity contribution in [2.24, 2.45) is 5.73 Å². The van der Waals surface area contributed by atoms with Crippen LogP contribution in [0.2, 0.25) is 0 Å². The third kappa shape index (κ3) is 12.2. The van der Waals surface area contributed by atoms with Gasteiger partial charge in [0.2, 0.25) is 11.8 Å². The van der Waals surface area contributed by atoms with Crippen LogP contribution in [0.5, 0.6) is 0 Å². The van der Waals surface area contributed by atoms with Crippen LogP contribution in [0.15, 0.2) is 30.3 Å². The third-order valence-corrected chi connectivity index (χ3v) is 5.18. The van der Waals surface area contributed by atoms with Gasteiger partial charge < -0.3 is 26.4 Å². The van der Waals surface area contributed by atoms with E-state index in [1.165, 1.54) is 0 Å². The standard InChI is InChI=1S/C16H24N4O10S2/c17-12(9-31(24,25)26)14(21)20-13(10-32(27,28)29)15(22)18-6-7-19-16(23)30-8-11-4-2-1-3-5-11/h1-5,12-13H,6-10,17H2,(H,18,22)(H,19,23)(H,20,21)(H,24,25,26)(H,27,28,29)/t12-,13-/m0/s1. The topological polar surface area (TPSA) is 231 Å². The molecule has 2 atom stereocenters. The normalized spacial score (nSPS) is 13.5. The Kier molecular flexibility index (Phi) is 10.5. The van der Waals surface area contributed by atoms with Gasteiger partial charge >= 0.3 is 6.09 Å². The minimum atomic E-state index is -4.73. The van der Waals surface area contributed by atoms with Crippen LogP contribution in [0.1, 0.15) is 5.56 Å². The van der Waals surface area contributed by atoms with Crippen LogP contribution in [-0.4, -0.2) is 80.5 Å². The van der Waals surface area contributed by atoms with Crippen LogP contribution in [0.25, 0.3) is 0 Å². The van der Waals surface area contributed by atoms with Gasteiger partial charge in [0.05, 0.1) is 5.75 Å². The van der Waals surface area contributed by atoms with Crippen LogP contribution in [0, 0.1) is 0 Å². The van der Waals surface area contributed by atoms with E-state index in [-0.39, 0.29) is 19.7 Å². The quantitative estimate of drug-likeness (QED) is 0.132. The molecule has 32 heavy (non-hydrogen) atoms. The molecule has 0 unspecified atom stereocenters. The number of hydrogen-bond donors (Lipinski definition) is 6. The molecule has 0 aliphatic heterocycles. The number of benzene rings is 1. The molecule has 0 aliphatic carbocycles. The highest BCUT2D eigenvalue weighted by molar-refractivity contribution is 7.86. The van der Waals surface area contributed by atoms with Gasteiger partial charge in [-0.15, -0.1) is 0 Å². The Labute approximate surface area is 184 Å². The van der Waals surface area contributed by atoms with Gasteiger partial charge in [-0.25, -0.2) is 4.79 Å². The van der Waals surface area contributed by atoms with Crippen molar-refractivity contribution in [1.29, 1.82) is 0 Å². The summed E-state index contributed by atoms with van der Waals surface area (Å²) >= 11 is 0. The molecule has 3 amide bonds. The van der Waals surface area contributed by atoms with Gasteiger partial charge in [0.1, 0.15) is 24.4 Å². The number of hydrogen-bond acceptors (Lipinski definition) is 9. The summed E-state index contributed by atoms with van der Waals surface area (Å²) in [7, 11) is -9.34. The molecule has 0 saturated heterocycles. The number of amides is 3. The molecule has 0 bridgehead atoms. The predicted octanol–water partition coefficient (Wildman–Crippen LogP) is -2.38. The van der Waals surface area contributed by atoms with E-state index >= 15 is 0 Å². The van der Waals surface area contributed by atoms with Crippen molar-refractivity contribution in [3.63, 3.8) is 0 Å². The zero-order chi connectivity index (χ0) is 24.4. The molecule has 0 aromatic heterocycles. The fraction of sp³-hybridized carbons (Fsp3) is 0.438. The van der Waals surface area contributed by atoms with Crippen molar-refractivity contribution in [2.75, 3.05) is 24.6 Å². The zero-order valence-electron chi connectivity index (χ0n) is 16.6. The first-order valence-corrected chi connectivity index (χ1v) is 12.2. The van der Waals surface area contributed by atoms with Gasteiger partial charge in [-0.05, 0) is 5.56 Å². The van der Waals surface area contributed by atoms with Crippen LogP contribution >= 0.6 is 0 Å².